The lowest BCUT2D eigenvalue weighted by Gasteiger charge is -2.20. The van der Waals surface area contributed by atoms with Gasteiger partial charge in [-0.3, -0.25) is 4.79 Å². The summed E-state index contributed by atoms with van der Waals surface area (Å²) < 4.78 is 5.19. The van der Waals surface area contributed by atoms with Crippen molar-refractivity contribution in [3.05, 3.63) is 66.2 Å². The maximum absolute atomic E-state index is 12.5. The average molecular weight is 331 g/mol. The first kappa shape index (κ1) is 17.8. The zero-order valence-electron chi connectivity index (χ0n) is 13.6. The molecule has 0 spiro atoms. The van der Waals surface area contributed by atoms with Crippen LogP contribution in [0.4, 0.5) is 5.69 Å². The number of amides is 1. The summed E-state index contributed by atoms with van der Waals surface area (Å²) in [6, 6.07) is 20.3. The van der Waals surface area contributed by atoms with E-state index in [0.717, 1.165) is 11.3 Å². The Hall–Kier alpha value is -3.57. The van der Waals surface area contributed by atoms with Crippen LogP contribution in [0.1, 0.15) is 12.0 Å². The second kappa shape index (κ2) is 9.54. The number of anilines is 1. The highest BCUT2D eigenvalue weighted by Crippen LogP contribution is 2.16. The summed E-state index contributed by atoms with van der Waals surface area (Å²) in [4.78, 5) is 14.1. The van der Waals surface area contributed by atoms with Crippen molar-refractivity contribution in [1.82, 2.24) is 0 Å². The van der Waals surface area contributed by atoms with E-state index in [2.05, 4.69) is 6.07 Å². The number of rotatable bonds is 7. The first-order valence-corrected chi connectivity index (χ1v) is 7.76. The van der Waals surface area contributed by atoms with E-state index in [-0.39, 0.29) is 18.9 Å². The number of carbonyl (C=O) groups excluding carboxylic acids is 1. The van der Waals surface area contributed by atoms with Crippen LogP contribution in [0.15, 0.2) is 60.7 Å². The molecule has 0 saturated heterocycles. The van der Waals surface area contributed by atoms with Crippen molar-refractivity contribution in [2.24, 2.45) is 0 Å². The molecule has 2 rings (SSSR count). The Bertz CT molecular complexity index is 800. The van der Waals surface area contributed by atoms with Crippen LogP contribution in [0.25, 0.3) is 6.08 Å². The van der Waals surface area contributed by atoms with Crippen molar-refractivity contribution in [2.75, 3.05) is 18.1 Å². The second-order valence-electron chi connectivity index (χ2n) is 5.08. The van der Waals surface area contributed by atoms with Gasteiger partial charge in [0.05, 0.1) is 12.5 Å². The number of hydrogen-bond acceptors (Lipinski definition) is 4. The van der Waals surface area contributed by atoms with Crippen molar-refractivity contribution in [3.8, 4) is 17.9 Å². The van der Waals surface area contributed by atoms with Gasteiger partial charge in [-0.05, 0) is 35.9 Å². The minimum absolute atomic E-state index is 0.00139. The Kier molecular flexibility index (Phi) is 6.79. The molecule has 2 aromatic rings. The number of benzene rings is 2. The van der Waals surface area contributed by atoms with Crippen LogP contribution in [0.5, 0.6) is 5.75 Å². The van der Waals surface area contributed by atoms with Crippen LogP contribution in [0.3, 0.4) is 0 Å². The van der Waals surface area contributed by atoms with E-state index in [1.807, 2.05) is 36.4 Å². The predicted molar refractivity (Wildman–Crippen MR) is 95.6 cm³/mol. The number of para-hydroxylation sites is 1. The molecule has 0 N–H and O–H groups in total. The lowest BCUT2D eigenvalue weighted by Crippen LogP contribution is -2.30. The molecule has 1 amide bonds. The molecule has 0 radical (unpaired) electrons. The lowest BCUT2D eigenvalue weighted by molar-refractivity contribution is -0.114. The van der Waals surface area contributed by atoms with Gasteiger partial charge in [-0.15, -0.1) is 0 Å². The number of nitriles is 2. The zero-order chi connectivity index (χ0) is 17.9. The van der Waals surface area contributed by atoms with E-state index < -0.39 is 0 Å². The van der Waals surface area contributed by atoms with Gasteiger partial charge in [0.2, 0.25) is 0 Å². The Morgan fingerprint density at radius 3 is 2.40 bits per heavy atom. The molecule has 0 saturated carbocycles. The minimum atomic E-state index is -0.189. The van der Waals surface area contributed by atoms with Gasteiger partial charge in [0, 0.05) is 18.3 Å². The molecule has 0 aliphatic rings. The topological polar surface area (TPSA) is 77.1 Å². The zero-order valence-corrected chi connectivity index (χ0v) is 13.6. The Labute approximate surface area is 147 Å². The molecular formula is C20H17N3O2. The van der Waals surface area contributed by atoms with Gasteiger partial charge in [0.1, 0.15) is 11.8 Å². The third-order valence-electron chi connectivity index (χ3n) is 3.38. The van der Waals surface area contributed by atoms with Gasteiger partial charge in [-0.25, -0.2) is 0 Å². The number of nitrogens with zero attached hydrogens (tertiary/aromatic N) is 3. The van der Waals surface area contributed by atoms with Crippen molar-refractivity contribution in [3.63, 3.8) is 0 Å². The quantitative estimate of drug-likeness (QED) is 0.727. The van der Waals surface area contributed by atoms with Crippen LogP contribution in [0.2, 0.25) is 0 Å². The van der Waals surface area contributed by atoms with Gasteiger partial charge >= 0.3 is 0 Å². The highest BCUT2D eigenvalue weighted by atomic mass is 16.5. The summed E-state index contributed by atoms with van der Waals surface area (Å²) in [5.41, 5.74) is 1.60. The van der Waals surface area contributed by atoms with Gasteiger partial charge in [0.15, 0.2) is 6.61 Å². The molecule has 0 aromatic heterocycles. The maximum Gasteiger partial charge on any atom is 0.251 e. The molecule has 0 atom stereocenters. The Morgan fingerprint density at radius 1 is 1.04 bits per heavy atom. The lowest BCUT2D eigenvalue weighted by atomic mass is 10.2. The minimum Gasteiger partial charge on any atom is -0.479 e. The molecule has 5 nitrogen and oxygen atoms in total. The van der Waals surface area contributed by atoms with Gasteiger partial charge < -0.3 is 9.64 Å². The molecule has 25 heavy (non-hydrogen) atoms. The van der Waals surface area contributed by atoms with E-state index in [1.165, 1.54) is 6.08 Å². The van der Waals surface area contributed by atoms with Crippen molar-refractivity contribution < 1.29 is 9.53 Å². The summed E-state index contributed by atoms with van der Waals surface area (Å²) in [6.07, 6.45) is 3.45. The van der Waals surface area contributed by atoms with Crippen LogP contribution < -0.4 is 9.64 Å². The van der Waals surface area contributed by atoms with Gasteiger partial charge in [-0.1, -0.05) is 30.3 Å². The Balaban J connectivity index is 2.08. The van der Waals surface area contributed by atoms with Crippen LogP contribution in [0, 0.1) is 22.7 Å². The van der Waals surface area contributed by atoms with E-state index in [1.54, 1.807) is 35.2 Å². The second-order valence-corrected chi connectivity index (χ2v) is 5.08. The molecule has 5 heteroatoms. The fourth-order valence-electron chi connectivity index (χ4n) is 2.18. The monoisotopic (exact) mass is 331 g/mol. The largest absolute Gasteiger partial charge is 0.479 e. The Morgan fingerprint density at radius 2 is 1.76 bits per heavy atom. The molecule has 0 fully saturated rings. The highest BCUT2D eigenvalue weighted by Gasteiger charge is 2.12. The van der Waals surface area contributed by atoms with Gasteiger partial charge in [-0.2, -0.15) is 10.5 Å². The van der Waals surface area contributed by atoms with E-state index >= 15 is 0 Å². The number of hydrogen-bond donors (Lipinski definition) is 0. The maximum atomic E-state index is 12.5. The van der Waals surface area contributed by atoms with E-state index in [4.69, 9.17) is 15.3 Å². The molecule has 0 aliphatic carbocycles. The number of ether oxygens (including phenoxy) is 1. The summed E-state index contributed by atoms with van der Waals surface area (Å²) in [5, 5.41) is 17.3. The molecule has 0 heterocycles. The summed E-state index contributed by atoms with van der Waals surface area (Å²) in [6.45, 7) is 0.337. The van der Waals surface area contributed by atoms with Crippen molar-refractivity contribution in [2.45, 2.75) is 6.42 Å². The molecule has 124 valence electrons. The standard InChI is InChI=1S/C20H17N3O2/c21-13-4-15-23(18-5-2-1-3-6-18)20(24)12-9-17-7-10-19(11-8-17)25-16-14-22/h1-3,5-12H,4,15-16H2. The molecule has 0 bridgehead atoms. The summed E-state index contributed by atoms with van der Waals surface area (Å²) >= 11 is 0. The van der Waals surface area contributed by atoms with Crippen LogP contribution in [-0.2, 0) is 4.79 Å². The fourth-order valence-corrected chi connectivity index (χ4v) is 2.18. The van der Waals surface area contributed by atoms with Crippen molar-refractivity contribution >= 4 is 17.7 Å². The molecule has 0 aliphatic heterocycles. The number of carbonyl (C=O) groups is 1. The third kappa shape index (κ3) is 5.53. The molecule has 0 unspecified atom stereocenters. The fraction of sp³-hybridized carbons (Fsp3) is 0.150. The molecular weight excluding hydrogens is 314 g/mol. The van der Waals surface area contributed by atoms with Crippen LogP contribution >= 0.6 is 0 Å². The SMILES string of the molecule is N#CCCN(C(=O)C=Cc1ccc(OCC#N)cc1)c1ccccc1. The highest BCUT2D eigenvalue weighted by molar-refractivity contribution is 6.03. The predicted octanol–water partition coefficient (Wildman–Crippen LogP) is 3.55. The summed E-state index contributed by atoms with van der Waals surface area (Å²) in [5.74, 6) is 0.413. The third-order valence-corrected chi connectivity index (χ3v) is 3.38. The van der Waals surface area contributed by atoms with Crippen molar-refractivity contribution in [1.29, 1.82) is 10.5 Å². The average Bonchev–Trinajstić information content (AvgIpc) is 2.66. The first-order valence-electron chi connectivity index (χ1n) is 7.76. The molecule has 2 aromatic carbocycles. The van der Waals surface area contributed by atoms with Crippen LogP contribution in [-0.4, -0.2) is 19.1 Å². The summed E-state index contributed by atoms with van der Waals surface area (Å²) in [7, 11) is 0. The van der Waals surface area contributed by atoms with E-state index in [0.29, 0.717) is 12.3 Å². The normalized spacial score (nSPS) is 10.0. The first-order chi connectivity index (χ1) is 12.2. The van der Waals surface area contributed by atoms with Gasteiger partial charge in [0.25, 0.3) is 5.91 Å². The smallest absolute Gasteiger partial charge is 0.251 e. The van der Waals surface area contributed by atoms with E-state index in [9.17, 15) is 4.79 Å².